The van der Waals surface area contributed by atoms with Crippen LogP contribution in [-0.2, 0) is 6.54 Å². The maximum absolute atomic E-state index is 12.9. The Morgan fingerprint density at radius 1 is 0.964 bits per heavy atom. The Morgan fingerprint density at radius 2 is 1.71 bits per heavy atom. The first kappa shape index (κ1) is 18.7. The Morgan fingerprint density at radius 3 is 2.46 bits per heavy atom. The van der Waals surface area contributed by atoms with Crippen molar-refractivity contribution in [3.8, 4) is 11.1 Å². The maximum atomic E-state index is 12.9. The Kier molecular flexibility index (Phi) is 6.03. The molecule has 0 atom stereocenters. The van der Waals surface area contributed by atoms with Crippen LogP contribution in [0.3, 0.4) is 0 Å². The summed E-state index contributed by atoms with van der Waals surface area (Å²) in [6.45, 7) is 3.30. The van der Waals surface area contributed by atoms with Crippen LogP contribution in [0.4, 0.5) is 0 Å². The van der Waals surface area contributed by atoms with Gasteiger partial charge >= 0.3 is 0 Å². The van der Waals surface area contributed by atoms with E-state index in [-0.39, 0.29) is 5.78 Å². The summed E-state index contributed by atoms with van der Waals surface area (Å²) in [5.74, 6) is 0.930. The highest BCUT2D eigenvalue weighted by Crippen LogP contribution is 2.27. The van der Waals surface area contributed by atoms with Gasteiger partial charge in [-0.1, -0.05) is 54.6 Å². The van der Waals surface area contributed by atoms with Crippen molar-refractivity contribution in [2.24, 2.45) is 5.92 Å². The molecular weight excluding hydrogens is 344 g/mol. The number of hydrogen-bond donors (Lipinski definition) is 1. The van der Waals surface area contributed by atoms with Crippen LogP contribution in [0.5, 0.6) is 0 Å². The van der Waals surface area contributed by atoms with Gasteiger partial charge in [-0.15, -0.1) is 0 Å². The molecule has 0 saturated carbocycles. The van der Waals surface area contributed by atoms with Crippen molar-refractivity contribution in [2.45, 2.75) is 32.2 Å². The molecule has 0 bridgehead atoms. The van der Waals surface area contributed by atoms with E-state index in [1.54, 1.807) is 0 Å². The molecule has 0 amide bonds. The van der Waals surface area contributed by atoms with E-state index in [0.29, 0.717) is 12.3 Å². The molecule has 0 radical (unpaired) electrons. The number of ketones is 1. The molecular formula is C25H28N2O. The Labute approximate surface area is 167 Å². The predicted molar refractivity (Wildman–Crippen MR) is 114 cm³/mol. The first-order valence-corrected chi connectivity index (χ1v) is 10.3. The average Bonchev–Trinajstić information content (AvgIpc) is 3.29. The minimum Gasteiger partial charge on any atom is -0.367 e. The number of rotatable bonds is 7. The van der Waals surface area contributed by atoms with Gasteiger partial charge in [0.1, 0.15) is 0 Å². The Balaban J connectivity index is 1.29. The van der Waals surface area contributed by atoms with Crippen molar-refractivity contribution in [1.82, 2.24) is 9.88 Å². The molecule has 3 heteroatoms. The molecule has 1 N–H and O–H groups in total. The molecule has 2 aromatic carbocycles. The fourth-order valence-electron chi connectivity index (χ4n) is 4.21. The van der Waals surface area contributed by atoms with Gasteiger partial charge in [0.15, 0.2) is 5.78 Å². The van der Waals surface area contributed by atoms with Crippen molar-refractivity contribution in [3.05, 3.63) is 84.2 Å². The molecule has 144 valence electrons. The number of carbonyl (C=O) groups is 1. The Bertz CT molecular complexity index is 878. The molecule has 1 aliphatic rings. The molecule has 0 spiro atoms. The number of carbonyl (C=O) groups excluding carboxylic acids is 1. The van der Waals surface area contributed by atoms with Gasteiger partial charge in [-0.25, -0.2) is 0 Å². The molecule has 3 aromatic rings. The van der Waals surface area contributed by atoms with E-state index in [0.717, 1.165) is 42.7 Å². The lowest BCUT2D eigenvalue weighted by Crippen LogP contribution is -2.33. The second-order valence-electron chi connectivity index (χ2n) is 7.81. The summed E-state index contributed by atoms with van der Waals surface area (Å²) in [7, 11) is 0. The van der Waals surface area contributed by atoms with Gasteiger partial charge in [0.2, 0.25) is 0 Å². The van der Waals surface area contributed by atoms with Crippen molar-refractivity contribution in [2.75, 3.05) is 13.1 Å². The van der Waals surface area contributed by atoms with E-state index in [1.165, 1.54) is 18.4 Å². The van der Waals surface area contributed by atoms with Crippen molar-refractivity contribution < 1.29 is 4.79 Å². The third-order valence-corrected chi connectivity index (χ3v) is 5.87. The number of Topliss-reactive ketones (excluding diaryl/α,β-unsaturated/α-hetero) is 1. The zero-order valence-electron chi connectivity index (χ0n) is 16.3. The predicted octanol–water partition coefficient (Wildman–Crippen LogP) is 5.56. The fourth-order valence-corrected chi connectivity index (χ4v) is 4.21. The number of aromatic amines is 1. The molecule has 0 unspecified atom stereocenters. The average molecular weight is 373 g/mol. The number of hydrogen-bond acceptors (Lipinski definition) is 2. The molecule has 1 saturated heterocycles. The van der Waals surface area contributed by atoms with Crippen LogP contribution in [0.2, 0.25) is 0 Å². The molecule has 4 rings (SSSR count). The van der Waals surface area contributed by atoms with Gasteiger partial charge in [-0.2, -0.15) is 0 Å². The molecule has 0 aliphatic carbocycles. The van der Waals surface area contributed by atoms with Gasteiger partial charge in [0.05, 0.1) is 0 Å². The van der Waals surface area contributed by atoms with Crippen LogP contribution in [-0.4, -0.2) is 28.8 Å². The molecule has 28 heavy (non-hydrogen) atoms. The topological polar surface area (TPSA) is 36.1 Å². The standard InChI is InChI=1S/C25H28N2O/c28-25(24-9-5-4-8-23(24)22-12-15-26-18-22)11-10-20-13-16-27(17-14-20)19-21-6-2-1-3-7-21/h1-9,12,15,18,20,26H,10-11,13-14,16-17,19H2. The zero-order valence-corrected chi connectivity index (χ0v) is 16.3. The van der Waals surface area contributed by atoms with Crippen molar-refractivity contribution in [1.29, 1.82) is 0 Å². The highest BCUT2D eigenvalue weighted by atomic mass is 16.1. The largest absolute Gasteiger partial charge is 0.367 e. The molecule has 3 nitrogen and oxygen atoms in total. The van der Waals surface area contributed by atoms with E-state index < -0.39 is 0 Å². The zero-order chi connectivity index (χ0) is 19.2. The molecule has 1 aromatic heterocycles. The van der Waals surface area contributed by atoms with Gasteiger partial charge in [0.25, 0.3) is 0 Å². The Hall–Kier alpha value is -2.65. The first-order chi connectivity index (χ1) is 13.8. The second kappa shape index (κ2) is 9.03. The monoisotopic (exact) mass is 372 g/mol. The van der Waals surface area contributed by atoms with Gasteiger partial charge in [-0.05, 0) is 61.0 Å². The van der Waals surface area contributed by atoms with Crippen LogP contribution in [0.25, 0.3) is 11.1 Å². The van der Waals surface area contributed by atoms with E-state index in [9.17, 15) is 4.79 Å². The number of H-pyrrole nitrogens is 1. The van der Waals surface area contributed by atoms with Crippen LogP contribution in [0.15, 0.2) is 73.1 Å². The molecule has 1 fully saturated rings. The number of benzene rings is 2. The molecule has 2 heterocycles. The number of nitrogens with one attached hydrogen (secondary N) is 1. The molecule has 1 aliphatic heterocycles. The third kappa shape index (κ3) is 4.60. The summed E-state index contributed by atoms with van der Waals surface area (Å²) < 4.78 is 0. The number of aromatic nitrogens is 1. The third-order valence-electron chi connectivity index (χ3n) is 5.87. The van der Waals surface area contributed by atoms with Crippen molar-refractivity contribution in [3.63, 3.8) is 0 Å². The number of likely N-dealkylation sites (tertiary alicyclic amines) is 1. The summed E-state index contributed by atoms with van der Waals surface area (Å²) >= 11 is 0. The van der Waals surface area contributed by atoms with Crippen LogP contribution in [0, 0.1) is 5.92 Å². The highest BCUT2D eigenvalue weighted by Gasteiger charge is 2.21. The van der Waals surface area contributed by atoms with E-state index in [4.69, 9.17) is 0 Å². The van der Waals surface area contributed by atoms with Crippen LogP contribution in [0.1, 0.15) is 41.6 Å². The number of nitrogens with zero attached hydrogens (tertiary/aromatic N) is 1. The van der Waals surface area contributed by atoms with E-state index >= 15 is 0 Å². The smallest absolute Gasteiger partial charge is 0.163 e. The SMILES string of the molecule is O=C(CCC1CCN(Cc2ccccc2)CC1)c1ccccc1-c1cc[nH]c1. The maximum Gasteiger partial charge on any atom is 0.163 e. The van der Waals surface area contributed by atoms with Crippen molar-refractivity contribution >= 4 is 5.78 Å². The van der Waals surface area contributed by atoms with Crippen LogP contribution < -0.4 is 0 Å². The van der Waals surface area contributed by atoms with Gasteiger partial charge in [-0.3, -0.25) is 9.69 Å². The second-order valence-corrected chi connectivity index (χ2v) is 7.81. The fraction of sp³-hybridized carbons (Fsp3) is 0.320. The van der Waals surface area contributed by atoms with E-state index in [2.05, 4.69) is 40.2 Å². The summed E-state index contributed by atoms with van der Waals surface area (Å²) in [4.78, 5) is 18.5. The normalized spacial score (nSPS) is 15.6. The lowest BCUT2D eigenvalue weighted by atomic mass is 9.89. The lowest BCUT2D eigenvalue weighted by molar-refractivity contribution is 0.0962. The summed E-state index contributed by atoms with van der Waals surface area (Å²) in [6, 6.07) is 20.7. The van der Waals surface area contributed by atoms with E-state index in [1.807, 2.05) is 42.7 Å². The summed E-state index contributed by atoms with van der Waals surface area (Å²) in [5, 5.41) is 0. The lowest BCUT2D eigenvalue weighted by Gasteiger charge is -2.32. The minimum atomic E-state index is 0.267. The quantitative estimate of drug-likeness (QED) is 0.551. The number of piperidine rings is 1. The van der Waals surface area contributed by atoms with Gasteiger partial charge < -0.3 is 4.98 Å². The van der Waals surface area contributed by atoms with Crippen LogP contribution >= 0.6 is 0 Å². The first-order valence-electron chi connectivity index (χ1n) is 10.3. The highest BCUT2D eigenvalue weighted by molar-refractivity contribution is 6.02. The summed E-state index contributed by atoms with van der Waals surface area (Å²) in [5.41, 5.74) is 4.35. The van der Waals surface area contributed by atoms with Gasteiger partial charge in [0, 0.05) is 30.9 Å². The summed E-state index contributed by atoms with van der Waals surface area (Å²) in [6.07, 6.45) is 7.89. The minimum absolute atomic E-state index is 0.267.